The molecule has 0 spiro atoms. The Morgan fingerprint density at radius 2 is 1.89 bits per heavy atom. The third-order valence-electron chi connectivity index (χ3n) is 4.63. The van der Waals surface area contributed by atoms with Crippen LogP contribution in [0, 0.1) is 6.92 Å². The van der Waals surface area contributed by atoms with Gasteiger partial charge >= 0.3 is 0 Å². The molecule has 7 heteroatoms. The van der Waals surface area contributed by atoms with Crippen molar-refractivity contribution in [1.82, 2.24) is 4.31 Å². The molecule has 0 atom stereocenters. The number of amides is 1. The highest BCUT2D eigenvalue weighted by molar-refractivity contribution is 7.89. The second kappa shape index (κ2) is 8.21. The predicted molar refractivity (Wildman–Crippen MR) is 104 cm³/mol. The van der Waals surface area contributed by atoms with Gasteiger partial charge in [-0.2, -0.15) is 4.31 Å². The second-order valence-electron chi connectivity index (χ2n) is 6.68. The second-order valence-corrected chi connectivity index (χ2v) is 8.59. The average molecular weight is 388 g/mol. The number of anilines is 1. The summed E-state index contributed by atoms with van der Waals surface area (Å²) in [5.41, 5.74) is 2.53. The van der Waals surface area contributed by atoms with Gasteiger partial charge in [-0.25, -0.2) is 8.42 Å². The fraction of sp³-hybridized carbons (Fsp3) is 0.350. The van der Waals surface area contributed by atoms with Crippen molar-refractivity contribution in [2.24, 2.45) is 0 Å². The van der Waals surface area contributed by atoms with Crippen molar-refractivity contribution >= 4 is 21.6 Å². The van der Waals surface area contributed by atoms with Crippen molar-refractivity contribution in [3.63, 3.8) is 0 Å². The van der Waals surface area contributed by atoms with Crippen molar-refractivity contribution in [3.8, 4) is 0 Å². The molecular formula is C20H24N2O4S. The minimum Gasteiger partial charge on any atom is -0.380 e. The van der Waals surface area contributed by atoms with Gasteiger partial charge in [-0.1, -0.05) is 18.2 Å². The molecule has 0 aromatic heterocycles. The van der Waals surface area contributed by atoms with Gasteiger partial charge in [0.05, 0.1) is 11.5 Å². The van der Waals surface area contributed by atoms with Gasteiger partial charge in [-0.15, -0.1) is 0 Å². The average Bonchev–Trinajstić information content (AvgIpc) is 3.18. The molecule has 144 valence electrons. The minimum absolute atomic E-state index is 0.199. The molecule has 1 amide bonds. The molecule has 0 aliphatic carbocycles. The van der Waals surface area contributed by atoms with Crippen LogP contribution in [0.3, 0.4) is 0 Å². The normalized spacial score (nSPS) is 15.0. The summed E-state index contributed by atoms with van der Waals surface area (Å²) in [7, 11) is -1.96. The monoisotopic (exact) mass is 388 g/mol. The van der Waals surface area contributed by atoms with Gasteiger partial charge in [-0.05, 0) is 55.2 Å². The summed E-state index contributed by atoms with van der Waals surface area (Å²) in [4.78, 5) is 12.8. The number of aryl methyl sites for hydroxylation is 1. The van der Waals surface area contributed by atoms with E-state index in [-0.39, 0.29) is 10.8 Å². The standard InChI is InChI=1S/C20H24N2O4S/c1-15-8-9-17(13-19(15)27(24,25)22-10-3-4-11-22)20(23)21-18-7-5-6-16(12-18)14-26-2/h5-9,12-13H,3-4,10-11,14H2,1-2H3,(H,21,23). The SMILES string of the molecule is COCc1cccc(NC(=O)c2ccc(C)c(S(=O)(=O)N3CCCC3)c2)c1. The summed E-state index contributed by atoms with van der Waals surface area (Å²) in [5, 5.41) is 2.82. The first-order valence-electron chi connectivity index (χ1n) is 8.92. The van der Waals surface area contributed by atoms with E-state index in [0.717, 1.165) is 18.4 Å². The van der Waals surface area contributed by atoms with Gasteiger partial charge in [0.2, 0.25) is 10.0 Å². The molecule has 1 saturated heterocycles. The molecule has 2 aromatic carbocycles. The zero-order chi connectivity index (χ0) is 19.4. The number of hydrogen-bond donors (Lipinski definition) is 1. The maximum absolute atomic E-state index is 12.9. The molecule has 1 N–H and O–H groups in total. The minimum atomic E-state index is -3.58. The van der Waals surface area contributed by atoms with E-state index in [0.29, 0.717) is 36.5 Å². The Morgan fingerprint density at radius 1 is 1.15 bits per heavy atom. The van der Waals surface area contributed by atoms with Crippen LogP contribution in [-0.2, 0) is 21.4 Å². The molecule has 1 fully saturated rings. The van der Waals surface area contributed by atoms with E-state index in [2.05, 4.69) is 5.32 Å². The summed E-state index contributed by atoms with van der Waals surface area (Å²) < 4.78 is 32.4. The van der Waals surface area contributed by atoms with Gasteiger partial charge in [0, 0.05) is 31.5 Å². The van der Waals surface area contributed by atoms with E-state index in [1.807, 2.05) is 18.2 Å². The fourth-order valence-corrected chi connectivity index (χ4v) is 4.96. The van der Waals surface area contributed by atoms with Gasteiger partial charge < -0.3 is 10.1 Å². The van der Waals surface area contributed by atoms with E-state index >= 15 is 0 Å². The number of hydrogen-bond acceptors (Lipinski definition) is 4. The lowest BCUT2D eigenvalue weighted by molar-refractivity contribution is 0.102. The summed E-state index contributed by atoms with van der Waals surface area (Å²) in [6, 6.07) is 12.2. The summed E-state index contributed by atoms with van der Waals surface area (Å²) in [6.45, 7) is 3.26. The Bertz CT molecular complexity index is 935. The lowest BCUT2D eigenvalue weighted by Crippen LogP contribution is -2.28. The van der Waals surface area contributed by atoms with E-state index in [4.69, 9.17) is 4.74 Å². The van der Waals surface area contributed by atoms with Crippen LogP contribution in [0.5, 0.6) is 0 Å². The van der Waals surface area contributed by atoms with Gasteiger partial charge in [-0.3, -0.25) is 4.79 Å². The van der Waals surface area contributed by atoms with Crippen molar-refractivity contribution in [2.45, 2.75) is 31.3 Å². The van der Waals surface area contributed by atoms with Crippen molar-refractivity contribution in [3.05, 3.63) is 59.2 Å². The molecule has 3 rings (SSSR count). The highest BCUT2D eigenvalue weighted by Gasteiger charge is 2.29. The lowest BCUT2D eigenvalue weighted by atomic mass is 10.1. The van der Waals surface area contributed by atoms with E-state index < -0.39 is 10.0 Å². The van der Waals surface area contributed by atoms with Gasteiger partial charge in [0.1, 0.15) is 0 Å². The summed E-state index contributed by atoms with van der Waals surface area (Å²) >= 11 is 0. The Kier molecular flexibility index (Phi) is 5.94. The molecule has 1 aliphatic rings. The third kappa shape index (κ3) is 4.37. The number of sulfonamides is 1. The summed E-state index contributed by atoms with van der Waals surface area (Å²) in [6.07, 6.45) is 1.74. The predicted octanol–water partition coefficient (Wildman–Crippen LogP) is 3.18. The quantitative estimate of drug-likeness (QED) is 0.825. The van der Waals surface area contributed by atoms with Crippen LogP contribution >= 0.6 is 0 Å². The zero-order valence-electron chi connectivity index (χ0n) is 15.6. The largest absolute Gasteiger partial charge is 0.380 e. The maximum atomic E-state index is 12.9. The van der Waals surface area contributed by atoms with Crippen LogP contribution in [0.4, 0.5) is 5.69 Å². The topological polar surface area (TPSA) is 75.7 Å². The smallest absolute Gasteiger partial charge is 0.255 e. The van der Waals surface area contributed by atoms with Crippen molar-refractivity contribution < 1.29 is 17.9 Å². The van der Waals surface area contributed by atoms with E-state index in [9.17, 15) is 13.2 Å². The number of carbonyl (C=O) groups is 1. The molecule has 0 radical (unpaired) electrons. The van der Waals surface area contributed by atoms with Crippen LogP contribution < -0.4 is 5.32 Å². The molecule has 27 heavy (non-hydrogen) atoms. The number of ether oxygens (including phenoxy) is 1. The highest BCUT2D eigenvalue weighted by Crippen LogP contribution is 2.25. The van der Waals surface area contributed by atoms with Crippen molar-refractivity contribution in [1.29, 1.82) is 0 Å². The number of nitrogens with one attached hydrogen (secondary N) is 1. The molecule has 0 unspecified atom stereocenters. The zero-order valence-corrected chi connectivity index (χ0v) is 16.4. The molecule has 0 bridgehead atoms. The molecule has 6 nitrogen and oxygen atoms in total. The number of methoxy groups -OCH3 is 1. The number of rotatable bonds is 6. The Hall–Kier alpha value is -2.22. The molecular weight excluding hydrogens is 364 g/mol. The first-order chi connectivity index (χ1) is 12.9. The van der Waals surface area contributed by atoms with Crippen LogP contribution in [0.1, 0.15) is 34.3 Å². The van der Waals surface area contributed by atoms with Crippen LogP contribution in [0.2, 0.25) is 0 Å². The van der Waals surface area contributed by atoms with Crippen molar-refractivity contribution in [2.75, 3.05) is 25.5 Å². The number of benzene rings is 2. The first kappa shape index (κ1) is 19.5. The van der Waals surface area contributed by atoms with E-state index in [1.165, 1.54) is 10.4 Å². The molecule has 0 saturated carbocycles. The Morgan fingerprint density at radius 3 is 2.59 bits per heavy atom. The van der Waals surface area contributed by atoms with Crippen LogP contribution in [-0.4, -0.2) is 38.8 Å². The van der Waals surface area contributed by atoms with E-state index in [1.54, 1.807) is 32.2 Å². The van der Waals surface area contributed by atoms with Gasteiger partial charge in [0.15, 0.2) is 0 Å². The fourth-order valence-electron chi connectivity index (χ4n) is 3.20. The summed E-state index contributed by atoms with van der Waals surface area (Å²) in [5.74, 6) is -0.345. The highest BCUT2D eigenvalue weighted by atomic mass is 32.2. The van der Waals surface area contributed by atoms with Gasteiger partial charge in [0.25, 0.3) is 5.91 Å². The number of nitrogens with zero attached hydrogens (tertiary/aromatic N) is 1. The number of carbonyl (C=O) groups excluding carboxylic acids is 1. The third-order valence-corrected chi connectivity index (χ3v) is 6.67. The molecule has 1 aliphatic heterocycles. The van der Waals surface area contributed by atoms with Crippen LogP contribution in [0.15, 0.2) is 47.4 Å². The lowest BCUT2D eigenvalue weighted by Gasteiger charge is -2.18. The Balaban J connectivity index is 1.85. The van der Waals surface area contributed by atoms with Crippen LogP contribution in [0.25, 0.3) is 0 Å². The molecule has 2 aromatic rings. The Labute approximate surface area is 160 Å². The first-order valence-corrected chi connectivity index (χ1v) is 10.4. The molecule has 1 heterocycles. The maximum Gasteiger partial charge on any atom is 0.255 e.